The van der Waals surface area contributed by atoms with E-state index in [0.717, 1.165) is 0 Å². The van der Waals surface area contributed by atoms with E-state index in [9.17, 15) is 4.79 Å². The molecule has 1 aromatic rings. The maximum atomic E-state index is 10.6. The van der Waals surface area contributed by atoms with E-state index < -0.39 is 11.9 Å². The van der Waals surface area contributed by atoms with Gasteiger partial charge in [0, 0.05) is 25.1 Å². The molecule has 0 aliphatic carbocycles. The molecule has 0 aliphatic rings. The smallest absolute Gasteiger partial charge is 0.219 e. The summed E-state index contributed by atoms with van der Waals surface area (Å²) in [5.74, 6) is -0.451. The number of hydrogen-bond donors (Lipinski definition) is 2. The lowest BCUT2D eigenvalue weighted by molar-refractivity contribution is -0.118. The van der Waals surface area contributed by atoms with Crippen LogP contribution < -0.4 is 11.5 Å². The van der Waals surface area contributed by atoms with Gasteiger partial charge in [-0.3, -0.25) is 9.48 Å². The van der Waals surface area contributed by atoms with Crippen LogP contribution in [0.5, 0.6) is 0 Å². The monoisotopic (exact) mass is 202 g/mol. The van der Waals surface area contributed by atoms with Crippen molar-refractivity contribution < 1.29 is 4.79 Å². The second-order valence-electron chi connectivity index (χ2n) is 2.79. The zero-order chi connectivity index (χ0) is 10.0. The number of aryl methyl sites for hydroxylation is 1. The number of hydrogen-bond acceptors (Lipinski definition) is 3. The zero-order valence-corrected chi connectivity index (χ0v) is 7.95. The molecular formula is C7H11ClN4O. The van der Waals surface area contributed by atoms with E-state index in [1.54, 1.807) is 7.05 Å². The van der Waals surface area contributed by atoms with E-state index in [4.69, 9.17) is 23.1 Å². The number of carbonyl (C=O) groups is 1. The van der Waals surface area contributed by atoms with Crippen molar-refractivity contribution in [1.29, 1.82) is 0 Å². The highest BCUT2D eigenvalue weighted by Gasteiger charge is 2.15. The SMILES string of the molecule is Cn1ncc([C@H](N)CC(N)=O)c1Cl. The third kappa shape index (κ3) is 2.19. The van der Waals surface area contributed by atoms with Crippen LogP contribution in [0.2, 0.25) is 5.15 Å². The Morgan fingerprint density at radius 2 is 2.46 bits per heavy atom. The molecule has 1 aromatic heterocycles. The van der Waals surface area contributed by atoms with Crippen LogP contribution in [0.4, 0.5) is 0 Å². The van der Waals surface area contributed by atoms with Crippen LogP contribution in [0.1, 0.15) is 18.0 Å². The highest BCUT2D eigenvalue weighted by Crippen LogP contribution is 2.21. The number of nitrogens with zero attached hydrogens (tertiary/aromatic N) is 2. The molecule has 1 rings (SSSR count). The number of amides is 1. The number of primary amides is 1. The summed E-state index contributed by atoms with van der Waals surface area (Å²) in [6.45, 7) is 0. The third-order valence-electron chi connectivity index (χ3n) is 1.71. The van der Waals surface area contributed by atoms with Gasteiger partial charge in [0.05, 0.1) is 6.20 Å². The van der Waals surface area contributed by atoms with Crippen LogP contribution in [0.25, 0.3) is 0 Å². The van der Waals surface area contributed by atoms with Gasteiger partial charge in [0.1, 0.15) is 5.15 Å². The molecule has 72 valence electrons. The molecule has 1 amide bonds. The van der Waals surface area contributed by atoms with Gasteiger partial charge in [-0.15, -0.1) is 0 Å². The molecule has 1 atom stereocenters. The molecule has 1 heterocycles. The average Bonchev–Trinajstić information content (AvgIpc) is 2.31. The lowest BCUT2D eigenvalue weighted by Crippen LogP contribution is -2.20. The molecule has 0 aliphatic heterocycles. The zero-order valence-electron chi connectivity index (χ0n) is 7.20. The second kappa shape index (κ2) is 3.76. The molecule has 0 radical (unpaired) electrons. The topological polar surface area (TPSA) is 86.9 Å². The second-order valence-corrected chi connectivity index (χ2v) is 3.15. The Bertz CT molecular complexity index is 322. The summed E-state index contributed by atoms with van der Waals surface area (Å²) < 4.78 is 1.48. The van der Waals surface area contributed by atoms with Crippen molar-refractivity contribution in [2.75, 3.05) is 0 Å². The summed E-state index contributed by atoms with van der Waals surface area (Å²) in [6.07, 6.45) is 1.61. The number of rotatable bonds is 3. The highest BCUT2D eigenvalue weighted by atomic mass is 35.5. The van der Waals surface area contributed by atoms with Gasteiger partial charge >= 0.3 is 0 Å². The van der Waals surface area contributed by atoms with E-state index in [0.29, 0.717) is 10.7 Å². The molecule has 0 bridgehead atoms. The summed E-state index contributed by atoms with van der Waals surface area (Å²) in [5.41, 5.74) is 11.3. The van der Waals surface area contributed by atoms with E-state index in [2.05, 4.69) is 5.10 Å². The summed E-state index contributed by atoms with van der Waals surface area (Å²) in [5, 5.41) is 4.34. The molecule has 6 heteroatoms. The maximum absolute atomic E-state index is 10.6. The van der Waals surface area contributed by atoms with Gasteiger partial charge in [0.25, 0.3) is 0 Å². The largest absolute Gasteiger partial charge is 0.370 e. The quantitative estimate of drug-likeness (QED) is 0.721. The van der Waals surface area contributed by atoms with Crippen molar-refractivity contribution in [3.05, 3.63) is 16.9 Å². The Morgan fingerprint density at radius 3 is 2.85 bits per heavy atom. The predicted molar refractivity (Wildman–Crippen MR) is 49.0 cm³/mol. The van der Waals surface area contributed by atoms with Crippen molar-refractivity contribution in [3.63, 3.8) is 0 Å². The van der Waals surface area contributed by atoms with Gasteiger partial charge in [-0.25, -0.2) is 0 Å². The minimum absolute atomic E-state index is 0.0748. The van der Waals surface area contributed by atoms with Crippen molar-refractivity contribution in [1.82, 2.24) is 9.78 Å². The minimum Gasteiger partial charge on any atom is -0.370 e. The van der Waals surface area contributed by atoms with E-state index >= 15 is 0 Å². The average molecular weight is 203 g/mol. The molecule has 0 spiro atoms. The molecule has 13 heavy (non-hydrogen) atoms. The Kier molecular flexibility index (Phi) is 2.90. The highest BCUT2D eigenvalue weighted by molar-refractivity contribution is 6.30. The fraction of sp³-hybridized carbons (Fsp3) is 0.429. The Labute approximate surface area is 80.6 Å². The van der Waals surface area contributed by atoms with Crippen molar-refractivity contribution in [3.8, 4) is 0 Å². The number of aromatic nitrogens is 2. The summed E-state index contributed by atoms with van der Waals surface area (Å²) in [7, 11) is 1.70. The molecule has 0 aromatic carbocycles. The van der Waals surface area contributed by atoms with Crippen LogP contribution in [0.3, 0.4) is 0 Å². The summed E-state index contributed by atoms with van der Waals surface area (Å²) in [4.78, 5) is 10.6. The summed E-state index contributed by atoms with van der Waals surface area (Å²) in [6, 6.07) is -0.473. The van der Waals surface area contributed by atoms with E-state index in [1.165, 1.54) is 10.9 Å². The third-order valence-corrected chi connectivity index (χ3v) is 2.18. The first-order valence-corrected chi connectivity index (χ1v) is 4.11. The fourth-order valence-corrected chi connectivity index (χ4v) is 1.25. The van der Waals surface area contributed by atoms with Crippen LogP contribution in [-0.4, -0.2) is 15.7 Å². The van der Waals surface area contributed by atoms with Gasteiger partial charge in [-0.1, -0.05) is 11.6 Å². The van der Waals surface area contributed by atoms with Crippen molar-refractivity contribution in [2.45, 2.75) is 12.5 Å². The summed E-state index contributed by atoms with van der Waals surface area (Å²) >= 11 is 5.86. The standard InChI is InChI=1S/C7H11ClN4O/c1-12-7(8)4(3-11-12)5(9)2-6(10)13/h3,5H,2,9H2,1H3,(H2,10,13)/t5-/m1/s1. The Morgan fingerprint density at radius 1 is 1.85 bits per heavy atom. The van der Waals surface area contributed by atoms with E-state index in [-0.39, 0.29) is 6.42 Å². The van der Waals surface area contributed by atoms with Gasteiger partial charge < -0.3 is 11.5 Å². The fourth-order valence-electron chi connectivity index (χ4n) is 1.02. The number of nitrogens with two attached hydrogens (primary N) is 2. The normalized spacial score (nSPS) is 12.8. The van der Waals surface area contributed by atoms with Gasteiger partial charge in [-0.05, 0) is 0 Å². The Balaban J connectivity index is 2.82. The predicted octanol–water partition coefficient (Wildman–Crippen LogP) is -0.0513. The van der Waals surface area contributed by atoms with Crippen LogP contribution in [-0.2, 0) is 11.8 Å². The van der Waals surface area contributed by atoms with E-state index in [1.807, 2.05) is 0 Å². The van der Waals surface area contributed by atoms with Crippen LogP contribution in [0.15, 0.2) is 6.20 Å². The van der Waals surface area contributed by atoms with Gasteiger partial charge in [0.15, 0.2) is 0 Å². The number of halogens is 1. The maximum Gasteiger partial charge on any atom is 0.219 e. The van der Waals surface area contributed by atoms with Crippen LogP contribution in [0, 0.1) is 0 Å². The van der Waals surface area contributed by atoms with Gasteiger partial charge in [0.2, 0.25) is 5.91 Å². The minimum atomic E-state index is -0.473. The molecule has 4 N–H and O–H groups in total. The molecule has 0 saturated heterocycles. The van der Waals surface area contributed by atoms with Gasteiger partial charge in [-0.2, -0.15) is 5.10 Å². The first kappa shape index (κ1) is 10.0. The van der Waals surface area contributed by atoms with Crippen molar-refractivity contribution >= 4 is 17.5 Å². The van der Waals surface area contributed by atoms with Crippen LogP contribution >= 0.6 is 11.6 Å². The molecular weight excluding hydrogens is 192 g/mol. The first-order valence-electron chi connectivity index (χ1n) is 3.73. The molecule has 0 unspecified atom stereocenters. The number of carbonyl (C=O) groups excluding carboxylic acids is 1. The first-order chi connectivity index (χ1) is 6.02. The lowest BCUT2D eigenvalue weighted by atomic mass is 10.1. The molecule has 0 saturated carbocycles. The Hall–Kier alpha value is -1.07. The molecule has 0 fully saturated rings. The molecule has 5 nitrogen and oxygen atoms in total. The lowest BCUT2D eigenvalue weighted by Gasteiger charge is -2.06. The van der Waals surface area contributed by atoms with Crippen molar-refractivity contribution in [2.24, 2.45) is 18.5 Å².